The molecule has 18 heavy (non-hydrogen) atoms. The molecule has 0 saturated heterocycles. The molecule has 0 aliphatic carbocycles. The van der Waals surface area contributed by atoms with Crippen molar-refractivity contribution in [1.82, 2.24) is 5.32 Å². The van der Waals surface area contributed by atoms with Gasteiger partial charge in [0.1, 0.15) is 11.8 Å². The fourth-order valence-corrected chi connectivity index (χ4v) is 1.35. The molecular formula is C13H17NO4. The summed E-state index contributed by atoms with van der Waals surface area (Å²) in [7, 11) is 0. The van der Waals surface area contributed by atoms with E-state index in [2.05, 4.69) is 5.32 Å². The van der Waals surface area contributed by atoms with E-state index in [0.717, 1.165) is 0 Å². The molecule has 2 N–H and O–H groups in total. The van der Waals surface area contributed by atoms with E-state index >= 15 is 0 Å². The first-order chi connectivity index (χ1) is 8.54. The Morgan fingerprint density at radius 2 is 1.94 bits per heavy atom. The predicted octanol–water partition coefficient (Wildman–Crippen LogP) is 1.43. The van der Waals surface area contributed by atoms with Gasteiger partial charge in [-0.1, -0.05) is 25.1 Å². The third-order valence-electron chi connectivity index (χ3n) is 2.41. The number of hydrogen-bond donors (Lipinski definition) is 2. The van der Waals surface area contributed by atoms with Gasteiger partial charge in [-0.3, -0.25) is 9.59 Å². The monoisotopic (exact) mass is 251 g/mol. The van der Waals surface area contributed by atoms with E-state index in [1.54, 1.807) is 31.2 Å². The van der Waals surface area contributed by atoms with Gasteiger partial charge in [-0.2, -0.15) is 0 Å². The number of carbonyl (C=O) groups excluding carboxylic acids is 1. The van der Waals surface area contributed by atoms with Crippen LogP contribution < -0.4 is 10.1 Å². The fourth-order valence-electron chi connectivity index (χ4n) is 1.35. The maximum absolute atomic E-state index is 11.8. The summed E-state index contributed by atoms with van der Waals surface area (Å²) in [6, 6.07) is 8.03. The first-order valence-corrected chi connectivity index (χ1v) is 5.79. The Balaban J connectivity index is 2.61. The first kappa shape index (κ1) is 14.0. The molecule has 0 fully saturated rings. The second-order valence-electron chi connectivity index (χ2n) is 3.90. The van der Waals surface area contributed by atoms with E-state index in [1.165, 1.54) is 6.92 Å². The standard InChI is InChI=1S/C13H17NO4/c1-3-11(12(15)14-9(2)13(16)17)18-10-7-5-4-6-8-10/h4-9,11H,3H2,1-2H3,(H,14,15)(H,16,17)/t9-,11?/m1/s1. The lowest BCUT2D eigenvalue weighted by Gasteiger charge is -2.18. The van der Waals surface area contributed by atoms with Gasteiger partial charge in [0.05, 0.1) is 0 Å². The van der Waals surface area contributed by atoms with Crippen LogP contribution in [0.4, 0.5) is 0 Å². The lowest BCUT2D eigenvalue weighted by molar-refractivity contribution is -0.142. The number of hydrogen-bond acceptors (Lipinski definition) is 3. The third kappa shape index (κ3) is 4.08. The average molecular weight is 251 g/mol. The molecule has 1 amide bonds. The lowest BCUT2D eigenvalue weighted by Crippen LogP contribution is -2.45. The second kappa shape index (κ2) is 6.64. The number of amides is 1. The number of nitrogens with one attached hydrogen (secondary N) is 1. The highest BCUT2D eigenvalue weighted by Crippen LogP contribution is 2.12. The molecular weight excluding hydrogens is 234 g/mol. The van der Waals surface area contributed by atoms with Crippen LogP contribution in [0.2, 0.25) is 0 Å². The summed E-state index contributed by atoms with van der Waals surface area (Å²) in [6.45, 7) is 3.22. The molecule has 0 aliphatic heterocycles. The molecule has 0 aromatic heterocycles. The lowest BCUT2D eigenvalue weighted by atomic mass is 10.2. The number of benzene rings is 1. The fraction of sp³-hybridized carbons (Fsp3) is 0.385. The Kier molecular flexibility index (Phi) is 5.17. The van der Waals surface area contributed by atoms with Crippen LogP contribution in [0.1, 0.15) is 20.3 Å². The van der Waals surface area contributed by atoms with Crippen molar-refractivity contribution in [1.29, 1.82) is 0 Å². The van der Waals surface area contributed by atoms with Gasteiger partial charge >= 0.3 is 5.97 Å². The van der Waals surface area contributed by atoms with Gasteiger partial charge in [-0.15, -0.1) is 0 Å². The van der Waals surface area contributed by atoms with Gasteiger partial charge in [0, 0.05) is 0 Å². The second-order valence-corrected chi connectivity index (χ2v) is 3.90. The molecule has 0 radical (unpaired) electrons. The molecule has 5 heteroatoms. The van der Waals surface area contributed by atoms with Crippen LogP contribution in [0.15, 0.2) is 30.3 Å². The van der Waals surface area contributed by atoms with Crippen molar-refractivity contribution in [3.05, 3.63) is 30.3 Å². The molecule has 5 nitrogen and oxygen atoms in total. The van der Waals surface area contributed by atoms with E-state index in [-0.39, 0.29) is 0 Å². The number of para-hydroxylation sites is 1. The summed E-state index contributed by atoms with van der Waals surface area (Å²) in [4.78, 5) is 22.4. The number of carbonyl (C=O) groups is 2. The molecule has 1 aromatic rings. The topological polar surface area (TPSA) is 75.6 Å². The van der Waals surface area contributed by atoms with Gasteiger partial charge < -0.3 is 15.2 Å². The highest BCUT2D eigenvalue weighted by molar-refractivity contribution is 5.86. The van der Waals surface area contributed by atoms with Crippen LogP contribution in [-0.4, -0.2) is 29.1 Å². The normalized spacial score (nSPS) is 13.4. The number of rotatable bonds is 6. The molecule has 2 atom stereocenters. The maximum atomic E-state index is 11.8. The Morgan fingerprint density at radius 1 is 1.33 bits per heavy atom. The van der Waals surface area contributed by atoms with Gasteiger partial charge in [-0.25, -0.2) is 0 Å². The molecule has 0 heterocycles. The van der Waals surface area contributed by atoms with Gasteiger partial charge in [0.2, 0.25) is 0 Å². The number of carboxylic acids is 1. The van der Waals surface area contributed by atoms with Crippen LogP contribution in [-0.2, 0) is 9.59 Å². The van der Waals surface area contributed by atoms with Gasteiger partial charge in [-0.05, 0) is 25.5 Å². The van der Waals surface area contributed by atoms with Gasteiger partial charge in [0.15, 0.2) is 6.10 Å². The average Bonchev–Trinajstić information content (AvgIpc) is 2.36. The van der Waals surface area contributed by atoms with Crippen molar-refractivity contribution in [2.24, 2.45) is 0 Å². The van der Waals surface area contributed by atoms with Crippen molar-refractivity contribution in [3.8, 4) is 5.75 Å². The van der Waals surface area contributed by atoms with E-state index in [0.29, 0.717) is 12.2 Å². The number of ether oxygens (including phenoxy) is 1. The van der Waals surface area contributed by atoms with Crippen LogP contribution in [0.25, 0.3) is 0 Å². The van der Waals surface area contributed by atoms with Crippen molar-refractivity contribution < 1.29 is 19.4 Å². The van der Waals surface area contributed by atoms with Crippen molar-refractivity contribution >= 4 is 11.9 Å². The van der Waals surface area contributed by atoms with Crippen LogP contribution >= 0.6 is 0 Å². The van der Waals surface area contributed by atoms with Crippen LogP contribution in [0.3, 0.4) is 0 Å². The van der Waals surface area contributed by atoms with Crippen molar-refractivity contribution in [2.45, 2.75) is 32.4 Å². The molecule has 0 aliphatic rings. The summed E-state index contributed by atoms with van der Waals surface area (Å²) in [5, 5.41) is 11.1. The highest BCUT2D eigenvalue weighted by Gasteiger charge is 2.22. The van der Waals surface area contributed by atoms with Crippen molar-refractivity contribution in [3.63, 3.8) is 0 Å². The molecule has 1 aromatic carbocycles. The Labute approximate surface area is 106 Å². The zero-order valence-corrected chi connectivity index (χ0v) is 10.4. The Morgan fingerprint density at radius 3 is 2.44 bits per heavy atom. The first-order valence-electron chi connectivity index (χ1n) is 5.79. The highest BCUT2D eigenvalue weighted by atomic mass is 16.5. The molecule has 1 rings (SSSR count). The van der Waals surface area contributed by atoms with E-state index in [9.17, 15) is 9.59 Å². The Hall–Kier alpha value is -2.04. The minimum atomic E-state index is -1.07. The molecule has 0 saturated carbocycles. The predicted molar refractivity (Wildman–Crippen MR) is 66.4 cm³/mol. The Bertz CT molecular complexity index is 405. The molecule has 98 valence electrons. The summed E-state index contributed by atoms with van der Waals surface area (Å²) in [5.74, 6) is -0.906. The zero-order chi connectivity index (χ0) is 13.5. The summed E-state index contributed by atoms with van der Waals surface area (Å²) in [5.41, 5.74) is 0. The van der Waals surface area contributed by atoms with E-state index in [1.807, 2.05) is 6.07 Å². The van der Waals surface area contributed by atoms with Crippen LogP contribution in [0.5, 0.6) is 5.75 Å². The summed E-state index contributed by atoms with van der Waals surface area (Å²) < 4.78 is 5.50. The minimum Gasteiger partial charge on any atom is -0.481 e. The van der Waals surface area contributed by atoms with Crippen molar-refractivity contribution in [2.75, 3.05) is 0 Å². The molecule has 0 bridgehead atoms. The zero-order valence-electron chi connectivity index (χ0n) is 10.4. The summed E-state index contributed by atoms with van der Waals surface area (Å²) >= 11 is 0. The maximum Gasteiger partial charge on any atom is 0.325 e. The largest absolute Gasteiger partial charge is 0.481 e. The SMILES string of the molecule is CCC(Oc1ccccc1)C(=O)N[C@H](C)C(=O)O. The molecule has 0 spiro atoms. The van der Waals surface area contributed by atoms with Crippen LogP contribution in [0, 0.1) is 0 Å². The minimum absolute atomic E-state index is 0.420. The summed E-state index contributed by atoms with van der Waals surface area (Å²) in [6.07, 6.45) is -0.221. The van der Waals surface area contributed by atoms with E-state index in [4.69, 9.17) is 9.84 Å². The molecule has 1 unspecified atom stereocenters. The number of aliphatic carboxylic acids is 1. The quantitative estimate of drug-likeness (QED) is 0.802. The number of carboxylic acid groups (broad SMARTS) is 1. The smallest absolute Gasteiger partial charge is 0.325 e. The van der Waals surface area contributed by atoms with E-state index < -0.39 is 24.0 Å². The van der Waals surface area contributed by atoms with Gasteiger partial charge in [0.25, 0.3) is 5.91 Å². The third-order valence-corrected chi connectivity index (χ3v) is 2.41.